The van der Waals surface area contributed by atoms with Crippen LogP contribution in [0.1, 0.15) is 24.3 Å². The Balaban J connectivity index is 2.17. The summed E-state index contributed by atoms with van der Waals surface area (Å²) in [7, 11) is -0.667. The first kappa shape index (κ1) is 24.9. The zero-order chi connectivity index (χ0) is 23.0. The Morgan fingerprint density at radius 1 is 1.16 bits per heavy atom. The maximum Gasteiger partial charge on any atom is 0.273 e. The number of sulfonamides is 1. The summed E-state index contributed by atoms with van der Waals surface area (Å²) >= 11 is 0. The number of methoxy groups -OCH3 is 1. The van der Waals surface area contributed by atoms with E-state index in [1.807, 2.05) is 6.92 Å². The van der Waals surface area contributed by atoms with Gasteiger partial charge in [0.05, 0.1) is 23.8 Å². The van der Waals surface area contributed by atoms with Crippen LogP contribution in [-0.4, -0.2) is 84.6 Å². The Bertz CT molecular complexity index is 927. The minimum atomic E-state index is -3.82. The average molecular weight is 451 g/mol. The minimum Gasteiger partial charge on any atom is -0.395 e. The molecule has 0 saturated heterocycles. The van der Waals surface area contributed by atoms with Gasteiger partial charge in [0, 0.05) is 45.7 Å². The predicted octanol–water partition coefficient (Wildman–Crippen LogP) is 1.27. The van der Waals surface area contributed by atoms with Crippen LogP contribution in [0.5, 0.6) is 0 Å². The molecule has 170 valence electrons. The number of rotatable bonds is 11. The molecular weight excluding hydrogens is 420 g/mol. The first-order valence-electron chi connectivity index (χ1n) is 9.94. The fourth-order valence-electron chi connectivity index (χ4n) is 3.18. The SMILES string of the molecule is CO[C@@H](CN(C)C(=O)c1cnccn1)[C@H](C)CN([C@H](C)CO)S(=O)(=O)c1ccccc1. The van der Waals surface area contributed by atoms with Gasteiger partial charge in [0.15, 0.2) is 0 Å². The summed E-state index contributed by atoms with van der Waals surface area (Å²) in [6.07, 6.45) is 3.88. The molecule has 1 aromatic heterocycles. The molecule has 1 amide bonds. The van der Waals surface area contributed by atoms with E-state index in [9.17, 15) is 18.3 Å². The summed E-state index contributed by atoms with van der Waals surface area (Å²) in [5.41, 5.74) is 0.217. The van der Waals surface area contributed by atoms with Gasteiger partial charge in [-0.05, 0) is 25.0 Å². The summed E-state index contributed by atoms with van der Waals surface area (Å²) < 4.78 is 33.2. The number of carbonyl (C=O) groups excluding carboxylic acids is 1. The molecule has 31 heavy (non-hydrogen) atoms. The van der Waals surface area contributed by atoms with Crippen LogP contribution >= 0.6 is 0 Å². The Kier molecular flexibility index (Phi) is 9.05. The molecule has 0 fully saturated rings. The van der Waals surface area contributed by atoms with Gasteiger partial charge < -0.3 is 14.7 Å². The first-order valence-corrected chi connectivity index (χ1v) is 11.4. The summed E-state index contributed by atoms with van der Waals surface area (Å²) in [5, 5.41) is 9.67. The van der Waals surface area contributed by atoms with Crippen molar-refractivity contribution in [2.45, 2.75) is 30.9 Å². The molecule has 0 spiro atoms. The highest BCUT2D eigenvalue weighted by Gasteiger charge is 2.33. The Labute approximate surface area is 183 Å². The van der Waals surface area contributed by atoms with Gasteiger partial charge in [-0.15, -0.1) is 0 Å². The Morgan fingerprint density at radius 2 is 1.84 bits per heavy atom. The molecule has 1 aromatic carbocycles. The van der Waals surface area contributed by atoms with Crippen molar-refractivity contribution in [3.8, 4) is 0 Å². The van der Waals surface area contributed by atoms with Gasteiger partial charge in [-0.25, -0.2) is 13.4 Å². The number of amides is 1. The zero-order valence-corrected chi connectivity index (χ0v) is 19.1. The first-order chi connectivity index (χ1) is 14.7. The van der Waals surface area contributed by atoms with Gasteiger partial charge in [0.1, 0.15) is 5.69 Å². The number of ether oxygens (including phenoxy) is 1. The number of aliphatic hydroxyl groups is 1. The van der Waals surface area contributed by atoms with Crippen molar-refractivity contribution in [3.63, 3.8) is 0 Å². The van der Waals surface area contributed by atoms with Gasteiger partial charge in [0.25, 0.3) is 5.91 Å². The normalized spacial score (nSPS) is 14.8. The quantitative estimate of drug-likeness (QED) is 0.548. The lowest BCUT2D eigenvalue weighted by Gasteiger charge is -2.33. The molecule has 0 radical (unpaired) electrons. The van der Waals surface area contributed by atoms with Gasteiger partial charge in [-0.3, -0.25) is 9.78 Å². The average Bonchev–Trinajstić information content (AvgIpc) is 2.80. The predicted molar refractivity (Wildman–Crippen MR) is 116 cm³/mol. The van der Waals surface area contributed by atoms with Crippen molar-refractivity contribution in [2.24, 2.45) is 5.92 Å². The van der Waals surface area contributed by atoms with E-state index in [-0.39, 0.29) is 42.1 Å². The minimum absolute atomic E-state index is 0.116. The number of aliphatic hydroxyl groups excluding tert-OH is 1. The molecule has 10 heteroatoms. The number of benzene rings is 1. The fourth-order valence-corrected chi connectivity index (χ4v) is 4.92. The van der Waals surface area contributed by atoms with E-state index in [4.69, 9.17) is 4.74 Å². The number of carbonyl (C=O) groups is 1. The van der Waals surface area contributed by atoms with Crippen LogP contribution in [0.15, 0.2) is 53.8 Å². The smallest absolute Gasteiger partial charge is 0.273 e. The Morgan fingerprint density at radius 3 is 2.39 bits per heavy atom. The maximum absolute atomic E-state index is 13.2. The standard InChI is InChI=1S/C21H30N4O5S/c1-16(20(30-4)14-24(3)21(27)19-12-22-10-11-23-19)13-25(17(2)15-26)31(28,29)18-8-6-5-7-9-18/h5-12,16-17,20,26H,13-15H2,1-4H3/t16-,17-,20+/m1/s1. The number of hydrogen-bond donors (Lipinski definition) is 1. The fraction of sp³-hybridized carbons (Fsp3) is 0.476. The van der Waals surface area contributed by atoms with E-state index < -0.39 is 22.2 Å². The van der Waals surface area contributed by atoms with Crippen LogP contribution in [0.3, 0.4) is 0 Å². The molecule has 2 rings (SSSR count). The lowest BCUT2D eigenvalue weighted by Crippen LogP contribution is -2.47. The van der Waals surface area contributed by atoms with Crippen LogP contribution in [0.25, 0.3) is 0 Å². The highest BCUT2D eigenvalue weighted by Crippen LogP contribution is 2.22. The third-order valence-electron chi connectivity index (χ3n) is 5.09. The van der Waals surface area contributed by atoms with E-state index in [0.29, 0.717) is 0 Å². The second-order valence-electron chi connectivity index (χ2n) is 7.45. The number of nitrogens with zero attached hydrogens (tertiary/aromatic N) is 4. The monoisotopic (exact) mass is 450 g/mol. The molecule has 0 unspecified atom stereocenters. The molecule has 0 aliphatic rings. The highest BCUT2D eigenvalue weighted by atomic mass is 32.2. The van der Waals surface area contributed by atoms with Crippen molar-refractivity contribution in [3.05, 3.63) is 54.6 Å². The summed E-state index contributed by atoms with van der Waals surface area (Å²) in [4.78, 5) is 22.1. The Hall–Kier alpha value is -2.40. The molecular formula is C21H30N4O5S. The third-order valence-corrected chi connectivity index (χ3v) is 7.09. The topological polar surface area (TPSA) is 113 Å². The van der Waals surface area contributed by atoms with Gasteiger partial charge in [0.2, 0.25) is 10.0 Å². The summed E-state index contributed by atoms with van der Waals surface area (Å²) in [6, 6.07) is 7.49. The van der Waals surface area contributed by atoms with Crippen molar-refractivity contribution >= 4 is 15.9 Å². The number of hydrogen-bond acceptors (Lipinski definition) is 7. The second kappa shape index (κ2) is 11.3. The molecule has 0 bridgehead atoms. The van der Waals surface area contributed by atoms with E-state index in [1.54, 1.807) is 32.2 Å². The van der Waals surface area contributed by atoms with Crippen LogP contribution in [0.4, 0.5) is 0 Å². The van der Waals surface area contributed by atoms with E-state index in [2.05, 4.69) is 9.97 Å². The van der Waals surface area contributed by atoms with E-state index >= 15 is 0 Å². The lowest BCUT2D eigenvalue weighted by molar-refractivity contribution is 0.0219. The maximum atomic E-state index is 13.2. The third kappa shape index (κ3) is 6.30. The largest absolute Gasteiger partial charge is 0.395 e. The van der Waals surface area contributed by atoms with Crippen LogP contribution < -0.4 is 0 Å². The molecule has 3 atom stereocenters. The summed E-state index contributed by atoms with van der Waals surface area (Å²) in [5.74, 6) is -0.575. The van der Waals surface area contributed by atoms with Gasteiger partial charge in [-0.1, -0.05) is 25.1 Å². The van der Waals surface area contributed by atoms with Crippen molar-refractivity contribution < 1.29 is 23.1 Å². The molecule has 1 heterocycles. The molecule has 0 aliphatic heterocycles. The molecule has 0 aliphatic carbocycles. The second-order valence-corrected chi connectivity index (χ2v) is 9.34. The van der Waals surface area contributed by atoms with E-state index in [1.165, 1.54) is 47.0 Å². The van der Waals surface area contributed by atoms with E-state index in [0.717, 1.165) is 0 Å². The van der Waals surface area contributed by atoms with Crippen molar-refractivity contribution in [2.75, 3.05) is 33.9 Å². The number of aromatic nitrogens is 2. The lowest BCUT2D eigenvalue weighted by atomic mass is 10.0. The van der Waals surface area contributed by atoms with Crippen molar-refractivity contribution in [1.29, 1.82) is 0 Å². The molecule has 9 nitrogen and oxygen atoms in total. The van der Waals surface area contributed by atoms with Crippen LogP contribution in [0, 0.1) is 5.92 Å². The van der Waals surface area contributed by atoms with Crippen molar-refractivity contribution in [1.82, 2.24) is 19.2 Å². The van der Waals surface area contributed by atoms with Gasteiger partial charge in [-0.2, -0.15) is 4.31 Å². The summed E-state index contributed by atoms with van der Waals surface area (Å²) in [6.45, 7) is 3.54. The molecule has 1 N–H and O–H groups in total. The molecule has 2 aromatic rings. The van der Waals surface area contributed by atoms with Crippen LogP contribution in [0.2, 0.25) is 0 Å². The van der Waals surface area contributed by atoms with Crippen LogP contribution in [-0.2, 0) is 14.8 Å². The molecule has 0 saturated carbocycles. The van der Waals surface area contributed by atoms with Gasteiger partial charge >= 0.3 is 0 Å². The zero-order valence-electron chi connectivity index (χ0n) is 18.2. The highest BCUT2D eigenvalue weighted by molar-refractivity contribution is 7.89. The number of likely N-dealkylation sites (N-methyl/N-ethyl adjacent to an activating group) is 1.